The Morgan fingerprint density at radius 3 is 2.88 bits per heavy atom. The summed E-state index contributed by atoms with van der Waals surface area (Å²) in [6.45, 7) is 1.57. The van der Waals surface area contributed by atoms with E-state index in [1.165, 1.54) is 0 Å². The first-order chi connectivity index (χ1) is 16.7. The highest BCUT2D eigenvalue weighted by Crippen LogP contribution is 2.33. The molecule has 0 spiro atoms. The van der Waals surface area contributed by atoms with Gasteiger partial charge in [0.25, 0.3) is 0 Å². The van der Waals surface area contributed by atoms with E-state index >= 15 is 0 Å². The monoisotopic (exact) mass is 466 g/mol. The molecule has 10 nitrogen and oxygen atoms in total. The van der Waals surface area contributed by atoms with Gasteiger partial charge in [-0.2, -0.15) is 5.10 Å². The third kappa shape index (κ3) is 3.05. The van der Waals surface area contributed by atoms with Crippen LogP contribution in [-0.4, -0.2) is 59.2 Å². The fourth-order valence-corrected chi connectivity index (χ4v) is 4.94. The smallest absolute Gasteiger partial charge is 0.181 e. The standard InChI is InChI=1S/C23H18N10S/c24-13-10-33(11-13)18-9-25-8-16(28-18)12-6-14-19(31-32-22(14)27-7-12)23-29-15-3-4-26-21(20(15)30-23)17-2-1-5-34-17/h1-9,13H,10-11,24H2,(H,29,30)(H,27,31,32). The first-order valence-electron chi connectivity index (χ1n) is 10.8. The van der Waals surface area contributed by atoms with Gasteiger partial charge in [0.05, 0.1) is 33.9 Å². The number of pyridine rings is 2. The van der Waals surface area contributed by atoms with Crippen LogP contribution < -0.4 is 10.6 Å². The summed E-state index contributed by atoms with van der Waals surface area (Å²) in [5.41, 5.74) is 11.5. The number of fused-ring (bicyclic) bond motifs is 2. The molecule has 1 aliphatic rings. The van der Waals surface area contributed by atoms with Crippen LogP contribution in [0.5, 0.6) is 0 Å². The summed E-state index contributed by atoms with van der Waals surface area (Å²) >= 11 is 1.64. The Morgan fingerprint density at radius 1 is 1.09 bits per heavy atom. The van der Waals surface area contributed by atoms with Crippen molar-refractivity contribution in [2.24, 2.45) is 5.73 Å². The van der Waals surface area contributed by atoms with Gasteiger partial charge in [0.2, 0.25) is 0 Å². The zero-order valence-corrected chi connectivity index (χ0v) is 18.6. The average Bonchev–Trinajstić information content (AvgIpc) is 3.60. The molecule has 7 heterocycles. The number of thiophene rings is 1. The van der Waals surface area contributed by atoms with Gasteiger partial charge in [-0.05, 0) is 23.6 Å². The Labute approximate surface area is 196 Å². The van der Waals surface area contributed by atoms with Crippen LogP contribution in [0.4, 0.5) is 5.82 Å². The molecule has 166 valence electrons. The minimum absolute atomic E-state index is 0.191. The zero-order chi connectivity index (χ0) is 22.6. The van der Waals surface area contributed by atoms with Crippen LogP contribution >= 0.6 is 11.3 Å². The molecule has 0 aromatic carbocycles. The molecule has 6 aromatic rings. The van der Waals surface area contributed by atoms with Crippen molar-refractivity contribution in [2.75, 3.05) is 18.0 Å². The molecule has 1 fully saturated rings. The van der Waals surface area contributed by atoms with Crippen molar-refractivity contribution < 1.29 is 0 Å². The van der Waals surface area contributed by atoms with E-state index in [0.29, 0.717) is 11.5 Å². The van der Waals surface area contributed by atoms with Crippen LogP contribution in [-0.2, 0) is 0 Å². The molecule has 0 aliphatic carbocycles. The van der Waals surface area contributed by atoms with E-state index in [9.17, 15) is 0 Å². The van der Waals surface area contributed by atoms with Crippen LogP contribution in [0.15, 0.2) is 54.4 Å². The average molecular weight is 467 g/mol. The highest BCUT2D eigenvalue weighted by molar-refractivity contribution is 7.13. The van der Waals surface area contributed by atoms with Crippen molar-refractivity contribution in [1.82, 2.24) is 40.1 Å². The van der Waals surface area contributed by atoms with E-state index in [0.717, 1.165) is 62.8 Å². The number of aromatic nitrogens is 8. The summed E-state index contributed by atoms with van der Waals surface area (Å²) in [6.07, 6.45) is 7.06. The Morgan fingerprint density at radius 2 is 2.03 bits per heavy atom. The van der Waals surface area contributed by atoms with Crippen LogP contribution in [0, 0.1) is 0 Å². The molecular formula is C23H18N10S. The zero-order valence-electron chi connectivity index (χ0n) is 17.8. The molecule has 0 radical (unpaired) electrons. The third-order valence-electron chi connectivity index (χ3n) is 5.95. The van der Waals surface area contributed by atoms with Crippen LogP contribution in [0.1, 0.15) is 0 Å². The maximum absolute atomic E-state index is 5.92. The number of anilines is 1. The number of nitrogens with one attached hydrogen (secondary N) is 2. The second kappa shape index (κ2) is 7.40. The molecule has 1 saturated heterocycles. The minimum atomic E-state index is 0.191. The highest BCUT2D eigenvalue weighted by Gasteiger charge is 2.25. The summed E-state index contributed by atoms with van der Waals surface area (Å²) in [5, 5.41) is 10.4. The topological polar surface area (TPSA) is 138 Å². The molecule has 6 aromatic heterocycles. The third-order valence-corrected chi connectivity index (χ3v) is 6.83. The summed E-state index contributed by atoms with van der Waals surface area (Å²) in [5.74, 6) is 1.49. The summed E-state index contributed by atoms with van der Waals surface area (Å²) in [7, 11) is 0. The minimum Gasteiger partial charge on any atom is -0.352 e. The van der Waals surface area contributed by atoms with Crippen LogP contribution in [0.2, 0.25) is 0 Å². The number of imidazole rings is 1. The van der Waals surface area contributed by atoms with Gasteiger partial charge in [0.15, 0.2) is 11.5 Å². The lowest BCUT2D eigenvalue weighted by Gasteiger charge is -2.37. The predicted octanol–water partition coefficient (Wildman–Crippen LogP) is 3.23. The number of nitrogens with zero attached hydrogens (tertiary/aromatic N) is 7. The van der Waals surface area contributed by atoms with Crippen molar-refractivity contribution in [1.29, 1.82) is 0 Å². The molecule has 0 atom stereocenters. The largest absolute Gasteiger partial charge is 0.352 e. The second-order valence-corrected chi connectivity index (χ2v) is 9.19. The molecule has 4 N–H and O–H groups in total. The Hall–Kier alpha value is -4.22. The van der Waals surface area contributed by atoms with Gasteiger partial charge in [-0.3, -0.25) is 15.1 Å². The lowest BCUT2D eigenvalue weighted by Crippen LogP contribution is -2.56. The molecule has 7 rings (SSSR count). The molecule has 0 saturated carbocycles. The maximum atomic E-state index is 5.92. The van der Waals surface area contributed by atoms with E-state index in [2.05, 4.69) is 35.0 Å². The molecule has 1 aliphatic heterocycles. The van der Waals surface area contributed by atoms with Gasteiger partial charge in [-0.25, -0.2) is 15.0 Å². The summed E-state index contributed by atoms with van der Waals surface area (Å²) in [4.78, 5) is 29.7. The summed E-state index contributed by atoms with van der Waals surface area (Å²) in [6, 6.07) is 8.19. The summed E-state index contributed by atoms with van der Waals surface area (Å²) < 4.78 is 0. The number of nitrogens with two attached hydrogens (primary N) is 1. The van der Waals surface area contributed by atoms with Crippen LogP contribution in [0.25, 0.3) is 55.4 Å². The highest BCUT2D eigenvalue weighted by atomic mass is 32.1. The molecule has 34 heavy (non-hydrogen) atoms. The number of H-pyrrole nitrogens is 2. The molecule has 11 heteroatoms. The van der Waals surface area contributed by atoms with E-state index in [4.69, 9.17) is 15.7 Å². The van der Waals surface area contributed by atoms with Crippen molar-refractivity contribution in [2.45, 2.75) is 6.04 Å². The lowest BCUT2D eigenvalue weighted by atomic mass is 10.1. The molecular weight excluding hydrogens is 448 g/mol. The predicted molar refractivity (Wildman–Crippen MR) is 131 cm³/mol. The van der Waals surface area contributed by atoms with Crippen molar-refractivity contribution >= 4 is 39.2 Å². The van der Waals surface area contributed by atoms with Crippen molar-refractivity contribution in [3.05, 3.63) is 54.4 Å². The van der Waals surface area contributed by atoms with E-state index in [-0.39, 0.29) is 6.04 Å². The maximum Gasteiger partial charge on any atom is 0.181 e. The van der Waals surface area contributed by atoms with E-state index in [1.807, 2.05) is 29.6 Å². The number of aromatic amines is 2. The van der Waals surface area contributed by atoms with Gasteiger partial charge in [0, 0.05) is 37.1 Å². The number of hydrogen-bond acceptors (Lipinski definition) is 9. The van der Waals surface area contributed by atoms with E-state index in [1.54, 1.807) is 36.1 Å². The SMILES string of the molecule is NC1CN(c2cncc(-c3cnc4n[nH]c(-c5nc6c(-c7cccs7)nccc6[nH]5)c4c3)n2)C1. The Balaban J connectivity index is 1.31. The van der Waals surface area contributed by atoms with Gasteiger partial charge >= 0.3 is 0 Å². The fraction of sp³-hybridized carbons (Fsp3) is 0.130. The Bertz CT molecular complexity index is 1650. The number of rotatable bonds is 4. The fourth-order valence-electron chi connectivity index (χ4n) is 4.21. The normalized spacial score (nSPS) is 14.2. The quantitative estimate of drug-likeness (QED) is 0.360. The van der Waals surface area contributed by atoms with E-state index < -0.39 is 0 Å². The van der Waals surface area contributed by atoms with Gasteiger partial charge in [-0.15, -0.1) is 11.3 Å². The van der Waals surface area contributed by atoms with Crippen molar-refractivity contribution in [3.63, 3.8) is 0 Å². The number of hydrogen-bond donors (Lipinski definition) is 3. The first-order valence-corrected chi connectivity index (χ1v) is 11.7. The second-order valence-electron chi connectivity index (χ2n) is 8.24. The first kappa shape index (κ1) is 19.3. The lowest BCUT2D eigenvalue weighted by molar-refractivity contribution is 0.514. The molecule has 0 bridgehead atoms. The Kier molecular flexibility index (Phi) is 4.19. The van der Waals surface area contributed by atoms with Gasteiger partial charge in [-0.1, -0.05) is 6.07 Å². The molecule has 0 amide bonds. The molecule has 0 unspecified atom stereocenters. The van der Waals surface area contributed by atoms with Gasteiger partial charge < -0.3 is 15.6 Å². The van der Waals surface area contributed by atoms with Crippen LogP contribution in [0.3, 0.4) is 0 Å². The van der Waals surface area contributed by atoms with Gasteiger partial charge in [0.1, 0.15) is 22.7 Å². The van der Waals surface area contributed by atoms with Crippen molar-refractivity contribution in [3.8, 4) is 33.3 Å².